The fraction of sp³-hybridized carbons (Fsp3) is 0.0526. The lowest BCUT2D eigenvalue weighted by Gasteiger charge is -2.18. The Morgan fingerprint density at radius 1 is 1.11 bits per heavy atom. The molecule has 0 amide bonds. The number of amidine groups is 1. The molecule has 0 radical (unpaired) electrons. The third-order valence-corrected chi connectivity index (χ3v) is 3.74. The van der Waals surface area contributed by atoms with E-state index in [1.165, 1.54) is 18.2 Å². The topological polar surface area (TPSA) is 119 Å². The summed E-state index contributed by atoms with van der Waals surface area (Å²) in [5, 5.41) is 3.73. The molecular weight excluding hydrogens is 361 g/mol. The molecule has 4 N–H and O–H groups in total. The summed E-state index contributed by atoms with van der Waals surface area (Å²) in [6.45, 7) is 3.87. The van der Waals surface area contributed by atoms with E-state index < -0.39 is 5.82 Å². The van der Waals surface area contributed by atoms with Gasteiger partial charge in [-0.1, -0.05) is 36.0 Å². The molecule has 0 atom stereocenters. The molecule has 142 valence electrons. The van der Waals surface area contributed by atoms with Crippen molar-refractivity contribution >= 4 is 17.5 Å². The molecule has 0 saturated heterocycles. The van der Waals surface area contributed by atoms with Gasteiger partial charge in [0.2, 0.25) is 11.8 Å². The smallest absolute Gasteiger partial charge is 0.258 e. The molecule has 0 bridgehead atoms. The van der Waals surface area contributed by atoms with Gasteiger partial charge in [-0.3, -0.25) is 0 Å². The molecule has 8 nitrogen and oxygen atoms in total. The van der Waals surface area contributed by atoms with Crippen LogP contribution in [-0.4, -0.2) is 29.0 Å². The van der Waals surface area contributed by atoms with Crippen molar-refractivity contribution in [2.45, 2.75) is 0 Å². The number of anilines is 1. The molecule has 2 aromatic carbocycles. The quantitative estimate of drug-likeness (QED) is 0.519. The summed E-state index contributed by atoms with van der Waals surface area (Å²) in [7, 11) is 1.80. The molecule has 0 fully saturated rings. The van der Waals surface area contributed by atoms with E-state index in [0.717, 1.165) is 5.69 Å². The van der Waals surface area contributed by atoms with E-state index in [1.807, 2.05) is 30.3 Å². The largest absolute Gasteiger partial charge is 0.380 e. The minimum absolute atomic E-state index is 0.0134. The molecule has 0 spiro atoms. The second kappa shape index (κ2) is 8.12. The lowest BCUT2D eigenvalue weighted by atomic mass is 10.2. The van der Waals surface area contributed by atoms with Crippen LogP contribution in [0.5, 0.6) is 0 Å². The summed E-state index contributed by atoms with van der Waals surface area (Å²) in [4.78, 5) is 13.9. The molecule has 1 aromatic heterocycles. The predicted molar refractivity (Wildman–Crippen MR) is 106 cm³/mol. The number of hydrogen-bond donors (Lipinski definition) is 2. The SMILES string of the molecule is C=C(/N=C(N)\N=C(/N)c1noc(-c2cccc(F)c2)n1)N(C)c1ccccc1. The molecule has 0 saturated carbocycles. The Labute approximate surface area is 160 Å². The van der Waals surface area contributed by atoms with Crippen molar-refractivity contribution in [2.24, 2.45) is 21.5 Å². The van der Waals surface area contributed by atoms with Crippen LogP contribution in [0, 0.1) is 5.82 Å². The van der Waals surface area contributed by atoms with Crippen molar-refractivity contribution in [3.63, 3.8) is 0 Å². The van der Waals surface area contributed by atoms with Crippen molar-refractivity contribution in [3.05, 3.63) is 78.6 Å². The Hall–Kier alpha value is -4.01. The van der Waals surface area contributed by atoms with Crippen LogP contribution in [0.2, 0.25) is 0 Å². The van der Waals surface area contributed by atoms with Gasteiger partial charge in [-0.05, 0) is 30.3 Å². The number of guanidine groups is 1. The molecule has 28 heavy (non-hydrogen) atoms. The van der Waals surface area contributed by atoms with Crippen LogP contribution in [-0.2, 0) is 0 Å². The summed E-state index contributed by atoms with van der Waals surface area (Å²) in [6, 6.07) is 15.3. The van der Waals surface area contributed by atoms with E-state index in [-0.39, 0.29) is 23.5 Å². The van der Waals surface area contributed by atoms with Crippen molar-refractivity contribution in [3.8, 4) is 11.5 Å². The molecule has 3 rings (SSSR count). The van der Waals surface area contributed by atoms with Crippen molar-refractivity contribution in [1.82, 2.24) is 10.1 Å². The highest BCUT2D eigenvalue weighted by Gasteiger charge is 2.13. The number of aliphatic imine (C=N–C) groups is 2. The standard InChI is InChI=1S/C19H18FN7O/c1-12(27(2)15-9-4-3-5-10-15)23-19(22)24-16(21)17-25-18(28-26-17)13-7-6-8-14(20)11-13/h3-11H,1H2,2H3,(H4,21,22,23,24). The molecule has 0 aliphatic heterocycles. The maximum absolute atomic E-state index is 13.3. The fourth-order valence-electron chi connectivity index (χ4n) is 2.27. The normalized spacial score (nSPS) is 12.1. The number of rotatable bonds is 5. The molecule has 3 aromatic rings. The third-order valence-electron chi connectivity index (χ3n) is 3.74. The molecule has 9 heteroatoms. The Kier molecular flexibility index (Phi) is 5.45. The van der Waals surface area contributed by atoms with Crippen molar-refractivity contribution < 1.29 is 8.91 Å². The Morgan fingerprint density at radius 3 is 2.57 bits per heavy atom. The van der Waals surface area contributed by atoms with Gasteiger partial charge in [0.25, 0.3) is 5.89 Å². The van der Waals surface area contributed by atoms with Crippen LogP contribution in [0.15, 0.2) is 81.5 Å². The zero-order valence-electron chi connectivity index (χ0n) is 15.1. The lowest BCUT2D eigenvalue weighted by molar-refractivity contribution is 0.428. The van der Waals surface area contributed by atoms with Gasteiger partial charge in [0.15, 0.2) is 5.84 Å². The highest BCUT2D eigenvalue weighted by Crippen LogP contribution is 2.18. The van der Waals surface area contributed by atoms with E-state index in [9.17, 15) is 4.39 Å². The van der Waals surface area contributed by atoms with Gasteiger partial charge in [-0.2, -0.15) is 15.0 Å². The van der Waals surface area contributed by atoms with Gasteiger partial charge in [0.1, 0.15) is 11.6 Å². The van der Waals surface area contributed by atoms with Crippen molar-refractivity contribution in [2.75, 3.05) is 11.9 Å². The van der Waals surface area contributed by atoms with Crippen molar-refractivity contribution in [1.29, 1.82) is 0 Å². The number of halogens is 1. The second-order valence-corrected chi connectivity index (χ2v) is 5.71. The van der Waals surface area contributed by atoms with Crippen LogP contribution in [0.4, 0.5) is 10.1 Å². The fourth-order valence-corrected chi connectivity index (χ4v) is 2.27. The van der Waals surface area contributed by atoms with Crippen LogP contribution < -0.4 is 16.4 Å². The molecule has 0 aliphatic rings. The first kappa shape index (κ1) is 18.8. The second-order valence-electron chi connectivity index (χ2n) is 5.71. The molecule has 1 heterocycles. The van der Waals surface area contributed by atoms with Gasteiger partial charge in [-0.15, -0.1) is 0 Å². The van der Waals surface area contributed by atoms with Crippen LogP contribution in [0.1, 0.15) is 5.82 Å². The average molecular weight is 379 g/mol. The number of aromatic nitrogens is 2. The lowest BCUT2D eigenvalue weighted by Crippen LogP contribution is -2.22. The summed E-state index contributed by atoms with van der Waals surface area (Å²) < 4.78 is 18.4. The minimum atomic E-state index is -0.420. The first-order valence-electron chi connectivity index (χ1n) is 8.20. The summed E-state index contributed by atoms with van der Waals surface area (Å²) >= 11 is 0. The van der Waals surface area contributed by atoms with Crippen LogP contribution >= 0.6 is 0 Å². The summed E-state index contributed by atoms with van der Waals surface area (Å²) in [5.74, 6) is -0.147. The number of nitrogens with zero attached hydrogens (tertiary/aromatic N) is 5. The summed E-state index contributed by atoms with van der Waals surface area (Å²) in [5.41, 5.74) is 13.0. The maximum atomic E-state index is 13.3. The summed E-state index contributed by atoms with van der Waals surface area (Å²) in [6.07, 6.45) is 0. The average Bonchev–Trinajstić information content (AvgIpc) is 3.18. The van der Waals surface area contributed by atoms with E-state index in [2.05, 4.69) is 26.7 Å². The van der Waals surface area contributed by atoms with Crippen LogP contribution in [0.25, 0.3) is 11.5 Å². The monoisotopic (exact) mass is 379 g/mol. The highest BCUT2D eigenvalue weighted by atomic mass is 19.1. The Bertz CT molecular complexity index is 1040. The predicted octanol–water partition coefficient (Wildman–Crippen LogP) is 2.50. The van der Waals surface area contributed by atoms with Gasteiger partial charge in [0.05, 0.1) is 0 Å². The molecular formula is C19H18FN7O. The third kappa shape index (κ3) is 4.39. The zero-order valence-corrected chi connectivity index (χ0v) is 15.1. The van der Waals surface area contributed by atoms with E-state index in [0.29, 0.717) is 11.4 Å². The number of nitrogens with two attached hydrogens (primary N) is 2. The zero-order chi connectivity index (χ0) is 20.1. The Morgan fingerprint density at radius 2 is 1.86 bits per heavy atom. The Balaban J connectivity index is 1.75. The first-order chi connectivity index (χ1) is 13.4. The first-order valence-corrected chi connectivity index (χ1v) is 8.20. The number of benzene rings is 2. The highest BCUT2D eigenvalue weighted by molar-refractivity contribution is 6.02. The van der Waals surface area contributed by atoms with E-state index >= 15 is 0 Å². The van der Waals surface area contributed by atoms with Crippen LogP contribution in [0.3, 0.4) is 0 Å². The number of hydrogen-bond acceptors (Lipinski definition) is 5. The van der Waals surface area contributed by atoms with Gasteiger partial charge >= 0.3 is 0 Å². The van der Waals surface area contributed by atoms with Gasteiger partial charge in [-0.25, -0.2) is 4.39 Å². The minimum Gasteiger partial charge on any atom is -0.380 e. The number of para-hydroxylation sites is 1. The van der Waals surface area contributed by atoms with E-state index in [4.69, 9.17) is 16.0 Å². The van der Waals surface area contributed by atoms with Gasteiger partial charge in [0, 0.05) is 18.3 Å². The van der Waals surface area contributed by atoms with Gasteiger partial charge < -0.3 is 20.9 Å². The van der Waals surface area contributed by atoms with E-state index in [1.54, 1.807) is 18.0 Å². The molecule has 0 unspecified atom stereocenters. The maximum Gasteiger partial charge on any atom is 0.258 e. The molecule has 0 aliphatic carbocycles.